The van der Waals surface area contributed by atoms with E-state index < -0.39 is 72.2 Å². The third-order valence-corrected chi connectivity index (χ3v) is 26.5. The van der Waals surface area contributed by atoms with Crippen LogP contribution in [-0.4, -0.2) is 39.0 Å². The van der Waals surface area contributed by atoms with Gasteiger partial charge in [0.05, 0.1) is 54.0 Å². The first-order chi connectivity index (χ1) is 69.1. The molecule has 10 nitrogen and oxygen atoms in total. The molecule has 24 rings (SSSR count). The van der Waals surface area contributed by atoms with Crippen molar-refractivity contribution < 1.29 is 26.9 Å². The maximum Gasteiger partial charge on any atom is 0.416 e. The molecule has 0 bridgehead atoms. The second-order valence-corrected chi connectivity index (χ2v) is 33.8. The van der Waals surface area contributed by atoms with Crippen molar-refractivity contribution in [1.29, 1.82) is 5.26 Å². The summed E-state index contributed by atoms with van der Waals surface area (Å²) in [6.45, 7) is 8.03. The standard InChI is InChI=1S/C59H34N6S.C58H35F3N4S/c1-61-51-28-14-24-43(36-60)54(51)42-30-31-47-46-25-11-12-29-52(46)65(53(47)33-42)44-34-49-48-27-15-26-45(41-23-13-22-40(32-41)37-16-5-2-6-17-37)55(48)66-56(49)50(35-44)59-63-57(38-18-7-3-8-19-38)62-58(64-59)39-20-9-4-10-21-39;59-58(60,61)43-29-26-37(27-30-43)41-28-31-47-46-22-10-11-25-51(46)65(52(47)33-41)44-34-49-48-24-13-23-45(42-21-12-20-40(32-42)36-14-4-1-5-15-36)53(48)66-54(49)50(35-44)57-63-55(38-16-6-2-7-17-38)62-56(64-57)39-18-8-3-9-19-39/h2-35H;1-35H/i3D,7D,8D,18D,19D;2D,6D,7D,16D,17D. The summed E-state index contributed by atoms with van der Waals surface area (Å²) in [5.74, 6) is 0.840. The highest BCUT2D eigenvalue weighted by Crippen LogP contribution is 2.51. The van der Waals surface area contributed by atoms with Crippen LogP contribution in [0.1, 0.15) is 24.8 Å². The number of aromatic nitrogens is 8. The Morgan fingerprint density at radius 1 is 0.288 bits per heavy atom. The van der Waals surface area contributed by atoms with E-state index in [1.807, 2.05) is 176 Å². The highest BCUT2D eigenvalue weighted by molar-refractivity contribution is 7.27. The van der Waals surface area contributed by atoms with Gasteiger partial charge in [0.2, 0.25) is 0 Å². The molecule has 0 atom stereocenters. The summed E-state index contributed by atoms with van der Waals surface area (Å²) < 4.78 is 136. The third kappa shape index (κ3) is 14.4. The lowest BCUT2D eigenvalue weighted by Crippen LogP contribution is -2.04. The Morgan fingerprint density at radius 3 is 1.09 bits per heavy atom. The lowest BCUT2D eigenvalue weighted by atomic mass is 9.97. The molecular formula is C117H69F3N10S2. The monoisotopic (exact) mass is 1740 g/mol. The van der Waals surface area contributed by atoms with Crippen LogP contribution in [-0.2, 0) is 6.18 Å². The molecule has 0 saturated heterocycles. The lowest BCUT2D eigenvalue weighted by molar-refractivity contribution is -0.137. The van der Waals surface area contributed by atoms with Crippen LogP contribution in [0.4, 0.5) is 18.9 Å². The van der Waals surface area contributed by atoms with Gasteiger partial charge in [0, 0.05) is 118 Å². The molecule has 6 heterocycles. The Balaban J connectivity index is 0.000000158. The summed E-state index contributed by atoms with van der Waals surface area (Å²) in [7, 11) is 0. The Kier molecular flexibility index (Phi) is 17.4. The highest BCUT2D eigenvalue weighted by atomic mass is 32.1. The summed E-state index contributed by atoms with van der Waals surface area (Å²) in [4.78, 5) is 33.8. The van der Waals surface area contributed by atoms with Gasteiger partial charge in [0.1, 0.15) is 0 Å². The van der Waals surface area contributed by atoms with E-state index in [2.05, 4.69) is 160 Å². The molecule has 15 heteroatoms. The van der Waals surface area contributed by atoms with Crippen LogP contribution >= 0.6 is 22.7 Å². The van der Waals surface area contributed by atoms with Crippen molar-refractivity contribution in [3.8, 4) is 153 Å². The molecule has 0 radical (unpaired) electrons. The van der Waals surface area contributed by atoms with Gasteiger partial charge in [0.15, 0.2) is 40.6 Å². The fourth-order valence-electron chi connectivity index (χ4n) is 17.9. The number of alkyl halides is 3. The van der Waals surface area contributed by atoms with Crippen LogP contribution in [0.25, 0.3) is 235 Å². The van der Waals surface area contributed by atoms with E-state index >= 15 is 0 Å². The molecule has 620 valence electrons. The van der Waals surface area contributed by atoms with Crippen molar-refractivity contribution >= 4 is 112 Å². The van der Waals surface area contributed by atoms with Gasteiger partial charge < -0.3 is 9.13 Å². The van der Waals surface area contributed by atoms with E-state index in [9.17, 15) is 18.4 Å². The fourth-order valence-corrected chi connectivity index (χ4v) is 20.5. The first kappa shape index (κ1) is 69.0. The number of halogens is 3. The highest BCUT2D eigenvalue weighted by Gasteiger charge is 2.31. The Labute approximate surface area is 778 Å². The van der Waals surface area contributed by atoms with Gasteiger partial charge in [-0.2, -0.15) is 18.4 Å². The van der Waals surface area contributed by atoms with E-state index in [1.54, 1.807) is 40.9 Å². The molecular weight excluding hydrogens is 1670 g/mol. The van der Waals surface area contributed by atoms with Crippen LogP contribution in [0, 0.1) is 17.9 Å². The Hall–Kier alpha value is -17.2. The summed E-state index contributed by atoms with van der Waals surface area (Å²) in [6.07, 6.45) is -4.47. The largest absolute Gasteiger partial charge is 0.416 e. The van der Waals surface area contributed by atoms with E-state index in [0.29, 0.717) is 44.6 Å². The molecule has 24 aromatic rings. The summed E-state index contributed by atoms with van der Waals surface area (Å²) in [5, 5.41) is 17.9. The molecule has 0 unspecified atom stereocenters. The minimum absolute atomic E-state index is 0.0581. The van der Waals surface area contributed by atoms with Crippen molar-refractivity contribution in [1.82, 2.24) is 39.0 Å². The van der Waals surface area contributed by atoms with Crippen LogP contribution in [0.2, 0.25) is 0 Å². The molecule has 0 fully saturated rings. The topological polar surface area (TPSA) is 115 Å². The van der Waals surface area contributed by atoms with Gasteiger partial charge in [0.25, 0.3) is 0 Å². The van der Waals surface area contributed by atoms with Crippen LogP contribution < -0.4 is 0 Å². The molecule has 0 aliphatic rings. The normalized spacial score (nSPS) is 12.6. The second kappa shape index (κ2) is 33.2. The molecule has 132 heavy (non-hydrogen) atoms. The molecule has 0 amide bonds. The van der Waals surface area contributed by atoms with E-state index in [1.165, 1.54) is 12.1 Å². The first-order valence-electron chi connectivity index (χ1n) is 47.4. The van der Waals surface area contributed by atoms with Crippen molar-refractivity contribution in [2.75, 3.05) is 0 Å². The van der Waals surface area contributed by atoms with Gasteiger partial charge in [-0.25, -0.2) is 34.7 Å². The Morgan fingerprint density at radius 2 is 0.636 bits per heavy atom. The predicted molar refractivity (Wildman–Crippen MR) is 535 cm³/mol. The Bertz CT molecular complexity index is 9370. The van der Waals surface area contributed by atoms with Crippen LogP contribution in [0.5, 0.6) is 0 Å². The number of benzene rings is 18. The number of hydrogen-bond acceptors (Lipinski definition) is 9. The molecule has 6 aromatic heterocycles. The van der Waals surface area contributed by atoms with E-state index in [0.717, 1.165) is 163 Å². The quantitative estimate of drug-likeness (QED) is 0.0996. The first-order valence-corrected chi connectivity index (χ1v) is 44.0. The zero-order valence-corrected chi connectivity index (χ0v) is 71.1. The van der Waals surface area contributed by atoms with Gasteiger partial charge in [-0.1, -0.05) is 339 Å². The zero-order valence-electron chi connectivity index (χ0n) is 79.5. The minimum atomic E-state index is -4.47. The molecule has 18 aromatic carbocycles. The van der Waals surface area contributed by atoms with Crippen molar-refractivity contribution in [3.63, 3.8) is 0 Å². The number of nitrogens with zero attached hydrogens (tertiary/aromatic N) is 10. The van der Waals surface area contributed by atoms with E-state index in [-0.39, 0.29) is 46.1 Å². The van der Waals surface area contributed by atoms with Crippen LogP contribution in [0.15, 0.2) is 418 Å². The minimum Gasteiger partial charge on any atom is -0.309 e. The number of thiophene rings is 2. The van der Waals surface area contributed by atoms with Gasteiger partial charge in [-0.15, -0.1) is 22.7 Å². The SMILES string of the molecule is [2H]c1c([2H])c([2H])c(-c2nc(-c3ccccc3)nc(-c3cc(-n4c5ccccc5c5ccc(-c6c(C#N)cccc6[N+]#[C-])cc54)cc4c3sc3c(-c5cccc(-c6ccccc6)c5)cccc34)n2)c([2H])c1[2H].[2H]c1c([2H])c([2H])c(-c2nc(-c3ccccc3)nc(-c3cc(-n4c5ccccc5c5ccc(-c6ccc(C(F)(F)F)cc6)cc54)cc4c3sc3c(-c5cccc(-c6ccccc6)c5)cccc34)n2)c([2H])c1[2H]. The fraction of sp³-hybridized carbons (Fsp3) is 0.00855. The van der Waals surface area contributed by atoms with Gasteiger partial charge >= 0.3 is 6.18 Å². The average molecular weight is 1750 g/mol. The van der Waals surface area contributed by atoms with Gasteiger partial charge in [-0.05, 0) is 140 Å². The molecule has 0 spiro atoms. The van der Waals surface area contributed by atoms with Crippen molar-refractivity contribution in [3.05, 3.63) is 441 Å². The third-order valence-electron chi connectivity index (χ3n) is 24.0. The maximum absolute atomic E-state index is 13.7. The molecule has 0 N–H and O–H groups in total. The number of rotatable bonds is 14. The van der Waals surface area contributed by atoms with Gasteiger partial charge in [-0.3, -0.25) is 0 Å². The molecule has 0 saturated carbocycles. The summed E-state index contributed by atoms with van der Waals surface area (Å²) in [5.41, 5.74) is 18.4. The average Bonchev–Trinajstić information content (AvgIpc) is 1.57. The lowest BCUT2D eigenvalue weighted by Gasteiger charge is -2.14. The zero-order chi connectivity index (χ0) is 97.2. The summed E-state index contributed by atoms with van der Waals surface area (Å²) in [6, 6.07) is 113. The van der Waals surface area contributed by atoms with E-state index in [4.69, 9.17) is 50.2 Å². The molecule has 0 aliphatic carbocycles. The van der Waals surface area contributed by atoms with Crippen molar-refractivity contribution in [2.24, 2.45) is 0 Å². The molecule has 0 aliphatic heterocycles. The summed E-state index contributed by atoms with van der Waals surface area (Å²) >= 11 is 3.21. The maximum atomic E-state index is 13.7. The number of fused-ring (bicyclic) bond motifs is 12. The predicted octanol–water partition coefficient (Wildman–Crippen LogP) is 32.1. The van der Waals surface area contributed by atoms with Crippen LogP contribution in [0.3, 0.4) is 0 Å². The van der Waals surface area contributed by atoms with Crippen molar-refractivity contribution in [2.45, 2.75) is 6.18 Å². The number of hydrogen-bond donors (Lipinski definition) is 0. The second-order valence-electron chi connectivity index (χ2n) is 31.7. The number of nitriles is 1. The smallest absolute Gasteiger partial charge is 0.309 e. The number of para-hydroxylation sites is 2.